The SMILES string of the molecule is COc1ccc(NCCc2ccccc2O)cc1. The highest BCUT2D eigenvalue weighted by Gasteiger charge is 1.99. The molecule has 0 aliphatic rings. The van der Waals surface area contributed by atoms with Crippen molar-refractivity contribution in [2.45, 2.75) is 6.42 Å². The van der Waals surface area contributed by atoms with Gasteiger partial charge in [0.05, 0.1) is 7.11 Å². The number of nitrogens with one attached hydrogen (secondary N) is 1. The predicted molar refractivity (Wildman–Crippen MR) is 73.3 cm³/mol. The molecule has 3 heteroatoms. The lowest BCUT2D eigenvalue weighted by molar-refractivity contribution is 0.415. The summed E-state index contributed by atoms with van der Waals surface area (Å²) in [6, 6.07) is 15.2. The van der Waals surface area contributed by atoms with Gasteiger partial charge in [0, 0.05) is 12.2 Å². The maximum atomic E-state index is 9.63. The first kappa shape index (κ1) is 12.3. The molecule has 2 aromatic rings. The second-order valence-electron chi connectivity index (χ2n) is 4.03. The quantitative estimate of drug-likeness (QED) is 0.848. The van der Waals surface area contributed by atoms with Crippen LogP contribution in [-0.4, -0.2) is 18.8 Å². The van der Waals surface area contributed by atoms with Gasteiger partial charge >= 0.3 is 0 Å². The van der Waals surface area contributed by atoms with Crippen LogP contribution < -0.4 is 10.1 Å². The average molecular weight is 243 g/mol. The van der Waals surface area contributed by atoms with Gasteiger partial charge in [0.25, 0.3) is 0 Å². The van der Waals surface area contributed by atoms with Gasteiger partial charge in [-0.1, -0.05) is 18.2 Å². The van der Waals surface area contributed by atoms with Gasteiger partial charge in [0.1, 0.15) is 11.5 Å². The fraction of sp³-hybridized carbons (Fsp3) is 0.200. The fourth-order valence-electron chi connectivity index (χ4n) is 1.77. The van der Waals surface area contributed by atoms with E-state index in [9.17, 15) is 5.11 Å². The molecule has 0 amide bonds. The minimum Gasteiger partial charge on any atom is -0.508 e. The smallest absolute Gasteiger partial charge is 0.119 e. The third-order valence-electron chi connectivity index (χ3n) is 2.81. The van der Waals surface area contributed by atoms with E-state index in [1.807, 2.05) is 42.5 Å². The molecule has 0 aliphatic carbocycles. The molecule has 0 fully saturated rings. The number of hydrogen-bond acceptors (Lipinski definition) is 3. The monoisotopic (exact) mass is 243 g/mol. The van der Waals surface area contributed by atoms with E-state index in [0.717, 1.165) is 30.0 Å². The molecule has 0 aromatic heterocycles. The Morgan fingerprint density at radius 2 is 1.78 bits per heavy atom. The minimum atomic E-state index is 0.356. The van der Waals surface area contributed by atoms with Crippen molar-refractivity contribution in [1.29, 1.82) is 0 Å². The van der Waals surface area contributed by atoms with Gasteiger partial charge in [-0.3, -0.25) is 0 Å². The summed E-state index contributed by atoms with van der Waals surface area (Å²) in [5.41, 5.74) is 2.00. The standard InChI is InChI=1S/C15H17NO2/c1-18-14-8-6-13(7-9-14)16-11-10-12-4-2-3-5-15(12)17/h2-9,16-17H,10-11H2,1H3. The molecule has 0 atom stereocenters. The molecule has 2 N–H and O–H groups in total. The topological polar surface area (TPSA) is 41.5 Å². The van der Waals surface area contributed by atoms with E-state index in [1.165, 1.54) is 0 Å². The van der Waals surface area contributed by atoms with Gasteiger partial charge in [0.15, 0.2) is 0 Å². The lowest BCUT2D eigenvalue weighted by Gasteiger charge is -2.08. The van der Waals surface area contributed by atoms with Crippen molar-refractivity contribution in [1.82, 2.24) is 0 Å². The highest BCUT2D eigenvalue weighted by atomic mass is 16.5. The van der Waals surface area contributed by atoms with Crippen LogP contribution in [0.1, 0.15) is 5.56 Å². The van der Waals surface area contributed by atoms with Crippen molar-refractivity contribution in [2.24, 2.45) is 0 Å². The molecule has 2 aromatic carbocycles. The number of methoxy groups -OCH3 is 1. The van der Waals surface area contributed by atoms with E-state index in [1.54, 1.807) is 13.2 Å². The van der Waals surface area contributed by atoms with E-state index in [2.05, 4.69) is 5.32 Å². The van der Waals surface area contributed by atoms with E-state index in [4.69, 9.17) is 4.74 Å². The predicted octanol–water partition coefficient (Wildman–Crippen LogP) is 3.06. The van der Waals surface area contributed by atoms with Crippen molar-refractivity contribution in [2.75, 3.05) is 19.0 Å². The normalized spacial score (nSPS) is 10.1. The molecule has 2 rings (SSSR count). The maximum Gasteiger partial charge on any atom is 0.119 e. The molecule has 0 unspecified atom stereocenters. The highest BCUT2D eigenvalue weighted by molar-refractivity contribution is 5.46. The van der Waals surface area contributed by atoms with Crippen LogP contribution in [0.25, 0.3) is 0 Å². The third-order valence-corrected chi connectivity index (χ3v) is 2.81. The molecule has 3 nitrogen and oxygen atoms in total. The first-order chi connectivity index (χ1) is 8.79. The van der Waals surface area contributed by atoms with Gasteiger partial charge in [-0.25, -0.2) is 0 Å². The Kier molecular flexibility index (Phi) is 4.07. The average Bonchev–Trinajstić information content (AvgIpc) is 2.42. The van der Waals surface area contributed by atoms with Crippen LogP contribution in [0.3, 0.4) is 0 Å². The van der Waals surface area contributed by atoms with Crippen LogP contribution in [0, 0.1) is 0 Å². The van der Waals surface area contributed by atoms with Crippen LogP contribution >= 0.6 is 0 Å². The molecule has 0 saturated carbocycles. The molecule has 0 spiro atoms. The van der Waals surface area contributed by atoms with Gasteiger partial charge in [-0.2, -0.15) is 0 Å². The number of benzene rings is 2. The van der Waals surface area contributed by atoms with Gasteiger partial charge in [-0.05, 0) is 42.3 Å². The van der Waals surface area contributed by atoms with E-state index in [-0.39, 0.29) is 0 Å². The molecular weight excluding hydrogens is 226 g/mol. The number of anilines is 1. The Bertz CT molecular complexity index is 494. The number of rotatable bonds is 5. The number of hydrogen-bond donors (Lipinski definition) is 2. The zero-order valence-corrected chi connectivity index (χ0v) is 10.4. The van der Waals surface area contributed by atoms with Gasteiger partial charge < -0.3 is 15.2 Å². The number of ether oxygens (including phenoxy) is 1. The molecule has 94 valence electrons. The van der Waals surface area contributed by atoms with Crippen LogP contribution in [-0.2, 0) is 6.42 Å². The lowest BCUT2D eigenvalue weighted by Crippen LogP contribution is -2.04. The third kappa shape index (κ3) is 3.17. The molecule has 0 heterocycles. The summed E-state index contributed by atoms with van der Waals surface area (Å²) in [5, 5.41) is 12.9. The van der Waals surface area contributed by atoms with Crippen LogP contribution in [0.5, 0.6) is 11.5 Å². The van der Waals surface area contributed by atoms with Gasteiger partial charge in [0.2, 0.25) is 0 Å². The van der Waals surface area contributed by atoms with Crippen LogP contribution in [0.2, 0.25) is 0 Å². The summed E-state index contributed by atoms with van der Waals surface area (Å²) >= 11 is 0. The summed E-state index contributed by atoms with van der Waals surface area (Å²) < 4.78 is 5.10. The zero-order valence-electron chi connectivity index (χ0n) is 10.4. The molecule has 0 aliphatic heterocycles. The molecule has 0 saturated heterocycles. The summed E-state index contributed by atoms with van der Waals surface area (Å²) in [7, 11) is 1.65. The Morgan fingerprint density at radius 3 is 2.44 bits per heavy atom. The first-order valence-electron chi connectivity index (χ1n) is 5.94. The summed E-state index contributed by atoms with van der Waals surface area (Å²) in [4.78, 5) is 0. The lowest BCUT2D eigenvalue weighted by atomic mass is 10.1. The van der Waals surface area contributed by atoms with Crippen LogP contribution in [0.4, 0.5) is 5.69 Å². The Labute approximate surface area is 107 Å². The minimum absolute atomic E-state index is 0.356. The largest absolute Gasteiger partial charge is 0.508 e. The van der Waals surface area contributed by atoms with Crippen molar-refractivity contribution in [3.8, 4) is 11.5 Å². The summed E-state index contributed by atoms with van der Waals surface area (Å²) in [6.45, 7) is 0.782. The van der Waals surface area contributed by atoms with Crippen molar-refractivity contribution in [3.05, 3.63) is 54.1 Å². The second kappa shape index (κ2) is 5.96. The number of para-hydroxylation sites is 1. The number of phenolic OH excluding ortho intramolecular Hbond substituents is 1. The van der Waals surface area contributed by atoms with Crippen molar-refractivity contribution >= 4 is 5.69 Å². The second-order valence-corrected chi connectivity index (χ2v) is 4.03. The molecule has 18 heavy (non-hydrogen) atoms. The van der Waals surface area contributed by atoms with Crippen molar-refractivity contribution < 1.29 is 9.84 Å². The molecular formula is C15H17NO2. The van der Waals surface area contributed by atoms with Crippen molar-refractivity contribution in [3.63, 3.8) is 0 Å². The summed E-state index contributed by atoms with van der Waals surface area (Å²) in [6.07, 6.45) is 0.790. The zero-order chi connectivity index (χ0) is 12.8. The number of aromatic hydroxyl groups is 1. The first-order valence-corrected chi connectivity index (χ1v) is 5.94. The van der Waals surface area contributed by atoms with E-state index >= 15 is 0 Å². The summed E-state index contributed by atoms with van der Waals surface area (Å²) in [5.74, 6) is 1.20. The maximum absolute atomic E-state index is 9.63. The Morgan fingerprint density at radius 1 is 1.06 bits per heavy atom. The Balaban J connectivity index is 1.86. The van der Waals surface area contributed by atoms with E-state index < -0.39 is 0 Å². The Hall–Kier alpha value is -2.16. The van der Waals surface area contributed by atoms with Gasteiger partial charge in [-0.15, -0.1) is 0 Å². The highest BCUT2D eigenvalue weighted by Crippen LogP contribution is 2.17. The molecule has 0 bridgehead atoms. The molecule has 0 radical (unpaired) electrons. The van der Waals surface area contributed by atoms with Crippen LogP contribution in [0.15, 0.2) is 48.5 Å². The fourth-order valence-corrected chi connectivity index (χ4v) is 1.77. The van der Waals surface area contributed by atoms with E-state index in [0.29, 0.717) is 5.75 Å². The number of phenols is 1.